The van der Waals surface area contributed by atoms with Crippen LogP contribution in [0.3, 0.4) is 0 Å². The van der Waals surface area contributed by atoms with Crippen LogP contribution in [0.25, 0.3) is 0 Å². The smallest absolute Gasteiger partial charge is 0.0412 e. The number of hydrogen-bond acceptors (Lipinski definition) is 2. The fourth-order valence-electron chi connectivity index (χ4n) is 3.24. The van der Waals surface area contributed by atoms with Crippen molar-refractivity contribution in [2.24, 2.45) is 0 Å². The molecule has 0 amide bonds. The minimum atomic E-state index is 0.233. The van der Waals surface area contributed by atoms with Crippen LogP contribution in [-0.2, 0) is 5.41 Å². The first-order valence-electron chi connectivity index (χ1n) is 8.56. The van der Waals surface area contributed by atoms with E-state index in [0.717, 1.165) is 13.1 Å². The fourth-order valence-corrected chi connectivity index (χ4v) is 3.24. The molecule has 1 heterocycles. The van der Waals surface area contributed by atoms with E-state index in [2.05, 4.69) is 69.1 Å². The van der Waals surface area contributed by atoms with Crippen LogP contribution in [0.4, 0.5) is 5.69 Å². The van der Waals surface area contributed by atoms with Crippen molar-refractivity contribution in [2.45, 2.75) is 71.4 Å². The van der Waals surface area contributed by atoms with E-state index in [4.69, 9.17) is 0 Å². The van der Waals surface area contributed by atoms with Gasteiger partial charge < -0.3 is 10.2 Å². The predicted octanol–water partition coefficient (Wildman–Crippen LogP) is 4.34. The SMILES string of the molecule is CCCC1CN(c2ccc(C(C)(C)C)cc2)C(CC)CN1. The van der Waals surface area contributed by atoms with Gasteiger partial charge in [-0.3, -0.25) is 0 Å². The van der Waals surface area contributed by atoms with Crippen molar-refractivity contribution in [3.8, 4) is 0 Å². The maximum atomic E-state index is 3.71. The second kappa shape index (κ2) is 6.83. The molecule has 2 unspecified atom stereocenters. The largest absolute Gasteiger partial charge is 0.366 e. The maximum absolute atomic E-state index is 3.71. The molecule has 118 valence electrons. The summed E-state index contributed by atoms with van der Waals surface area (Å²) < 4.78 is 0. The molecule has 2 atom stereocenters. The van der Waals surface area contributed by atoms with Crippen LogP contribution in [0.2, 0.25) is 0 Å². The Morgan fingerprint density at radius 3 is 2.33 bits per heavy atom. The van der Waals surface area contributed by atoms with Crippen LogP contribution in [0.1, 0.15) is 59.4 Å². The number of nitrogens with one attached hydrogen (secondary N) is 1. The van der Waals surface area contributed by atoms with E-state index < -0.39 is 0 Å². The molecule has 0 aromatic heterocycles. The molecule has 1 saturated heterocycles. The molecule has 1 N–H and O–H groups in total. The number of nitrogens with zero attached hydrogens (tertiary/aromatic N) is 1. The summed E-state index contributed by atoms with van der Waals surface area (Å²) in [6.07, 6.45) is 3.73. The second-order valence-electron chi connectivity index (χ2n) is 7.41. The Hall–Kier alpha value is -1.02. The van der Waals surface area contributed by atoms with E-state index >= 15 is 0 Å². The average Bonchev–Trinajstić information content (AvgIpc) is 2.47. The first-order chi connectivity index (χ1) is 9.95. The molecule has 0 aliphatic carbocycles. The molecule has 2 rings (SSSR count). The van der Waals surface area contributed by atoms with E-state index in [1.807, 2.05) is 0 Å². The number of rotatable bonds is 4. The highest BCUT2D eigenvalue weighted by molar-refractivity contribution is 5.50. The first-order valence-corrected chi connectivity index (χ1v) is 8.56. The number of piperazine rings is 1. The Morgan fingerprint density at radius 1 is 1.14 bits per heavy atom. The molecule has 2 heteroatoms. The highest BCUT2D eigenvalue weighted by Crippen LogP contribution is 2.27. The lowest BCUT2D eigenvalue weighted by Gasteiger charge is -2.42. The molecule has 1 fully saturated rings. The number of hydrogen-bond donors (Lipinski definition) is 1. The van der Waals surface area contributed by atoms with Crippen molar-refractivity contribution in [1.29, 1.82) is 0 Å². The Labute approximate surface area is 130 Å². The van der Waals surface area contributed by atoms with Gasteiger partial charge in [0.15, 0.2) is 0 Å². The van der Waals surface area contributed by atoms with Gasteiger partial charge in [-0.05, 0) is 36.0 Å². The van der Waals surface area contributed by atoms with Gasteiger partial charge in [-0.15, -0.1) is 0 Å². The summed E-state index contributed by atoms with van der Waals surface area (Å²) in [4.78, 5) is 2.61. The first kappa shape index (κ1) is 16.4. The Morgan fingerprint density at radius 2 is 1.81 bits per heavy atom. The zero-order valence-corrected chi connectivity index (χ0v) is 14.4. The van der Waals surface area contributed by atoms with E-state index in [0.29, 0.717) is 12.1 Å². The lowest BCUT2D eigenvalue weighted by Crippen LogP contribution is -2.56. The molecule has 1 aromatic carbocycles. The number of anilines is 1. The highest BCUT2D eigenvalue weighted by Gasteiger charge is 2.26. The van der Waals surface area contributed by atoms with Gasteiger partial charge in [0.1, 0.15) is 0 Å². The van der Waals surface area contributed by atoms with Crippen LogP contribution in [-0.4, -0.2) is 25.2 Å². The monoisotopic (exact) mass is 288 g/mol. The molecule has 0 bridgehead atoms. The van der Waals surface area contributed by atoms with Crippen molar-refractivity contribution in [1.82, 2.24) is 5.32 Å². The van der Waals surface area contributed by atoms with Gasteiger partial charge in [-0.25, -0.2) is 0 Å². The van der Waals surface area contributed by atoms with Gasteiger partial charge in [0.25, 0.3) is 0 Å². The molecular weight excluding hydrogens is 256 g/mol. The Balaban J connectivity index is 2.16. The summed E-state index contributed by atoms with van der Waals surface area (Å²) in [6, 6.07) is 10.5. The molecule has 0 spiro atoms. The number of benzene rings is 1. The molecule has 21 heavy (non-hydrogen) atoms. The van der Waals surface area contributed by atoms with Gasteiger partial charge in [-0.1, -0.05) is 53.2 Å². The summed E-state index contributed by atoms with van der Waals surface area (Å²) >= 11 is 0. The topological polar surface area (TPSA) is 15.3 Å². The molecular formula is C19H32N2. The van der Waals surface area contributed by atoms with Gasteiger partial charge in [-0.2, -0.15) is 0 Å². The second-order valence-corrected chi connectivity index (χ2v) is 7.41. The fraction of sp³-hybridized carbons (Fsp3) is 0.684. The third-order valence-electron chi connectivity index (χ3n) is 4.67. The lowest BCUT2D eigenvalue weighted by molar-refractivity contribution is 0.369. The van der Waals surface area contributed by atoms with E-state index in [-0.39, 0.29) is 5.41 Å². The minimum absolute atomic E-state index is 0.233. The van der Waals surface area contributed by atoms with Gasteiger partial charge >= 0.3 is 0 Å². The van der Waals surface area contributed by atoms with Crippen molar-refractivity contribution < 1.29 is 0 Å². The van der Waals surface area contributed by atoms with Crippen molar-refractivity contribution >= 4 is 5.69 Å². The Kier molecular flexibility index (Phi) is 5.32. The Bertz CT molecular complexity index is 430. The standard InChI is InChI=1S/C19H32N2/c1-6-8-16-14-21(17(7-2)13-20-16)18-11-9-15(10-12-18)19(3,4)5/h9-12,16-17,20H,6-8,13-14H2,1-5H3. The van der Waals surface area contributed by atoms with E-state index in [9.17, 15) is 0 Å². The van der Waals surface area contributed by atoms with Crippen molar-refractivity contribution in [3.05, 3.63) is 29.8 Å². The van der Waals surface area contributed by atoms with Gasteiger partial charge in [0, 0.05) is 30.9 Å². The average molecular weight is 288 g/mol. The van der Waals surface area contributed by atoms with Crippen LogP contribution < -0.4 is 10.2 Å². The summed E-state index contributed by atoms with van der Waals surface area (Å²) in [6.45, 7) is 13.7. The molecule has 1 aromatic rings. The van der Waals surface area contributed by atoms with Gasteiger partial charge in [0.05, 0.1) is 0 Å². The molecule has 1 aliphatic heterocycles. The summed E-state index contributed by atoms with van der Waals surface area (Å²) in [7, 11) is 0. The van der Waals surface area contributed by atoms with Crippen LogP contribution in [0.15, 0.2) is 24.3 Å². The van der Waals surface area contributed by atoms with Crippen LogP contribution >= 0.6 is 0 Å². The van der Waals surface area contributed by atoms with Gasteiger partial charge in [0.2, 0.25) is 0 Å². The summed E-state index contributed by atoms with van der Waals surface area (Å²) in [5.41, 5.74) is 3.04. The van der Waals surface area contributed by atoms with Crippen molar-refractivity contribution in [3.63, 3.8) is 0 Å². The van der Waals surface area contributed by atoms with Crippen LogP contribution in [0, 0.1) is 0 Å². The third kappa shape index (κ3) is 4.00. The summed E-state index contributed by atoms with van der Waals surface area (Å²) in [5, 5.41) is 3.71. The van der Waals surface area contributed by atoms with Crippen LogP contribution in [0.5, 0.6) is 0 Å². The zero-order chi connectivity index (χ0) is 15.5. The van der Waals surface area contributed by atoms with Crippen molar-refractivity contribution in [2.75, 3.05) is 18.0 Å². The molecule has 0 saturated carbocycles. The quantitative estimate of drug-likeness (QED) is 0.886. The molecule has 0 radical (unpaired) electrons. The minimum Gasteiger partial charge on any atom is -0.366 e. The van der Waals surface area contributed by atoms with E-state index in [1.54, 1.807) is 0 Å². The highest BCUT2D eigenvalue weighted by atomic mass is 15.2. The predicted molar refractivity (Wildman–Crippen MR) is 93.3 cm³/mol. The van der Waals surface area contributed by atoms with E-state index in [1.165, 1.54) is 30.5 Å². The molecule has 2 nitrogen and oxygen atoms in total. The maximum Gasteiger partial charge on any atom is 0.0412 e. The summed E-state index contributed by atoms with van der Waals surface area (Å²) in [5.74, 6) is 0. The third-order valence-corrected chi connectivity index (χ3v) is 4.67. The zero-order valence-electron chi connectivity index (χ0n) is 14.4. The normalized spacial score (nSPS) is 23.4. The lowest BCUT2D eigenvalue weighted by atomic mass is 9.87. The molecule has 1 aliphatic rings.